The molecule has 122 valence electrons. The van der Waals surface area contributed by atoms with Gasteiger partial charge in [0, 0.05) is 24.7 Å². The first-order valence-electron chi connectivity index (χ1n) is 7.61. The standard InChI is InChI=1S/C15H28N2O3S/c1-6-8-9-17(11(3)7-2)21(18,19)15-13(5)20-12(4)14(15)10-16/h11H,6-10,16H2,1-5H3. The molecule has 0 saturated carbocycles. The molecule has 0 aliphatic rings. The van der Waals surface area contributed by atoms with Crippen molar-refractivity contribution in [1.82, 2.24) is 4.31 Å². The predicted octanol–water partition coefficient (Wildman–Crippen LogP) is 2.94. The van der Waals surface area contributed by atoms with Crippen LogP contribution in [-0.4, -0.2) is 25.3 Å². The number of aryl methyl sites for hydroxylation is 2. The van der Waals surface area contributed by atoms with E-state index < -0.39 is 10.0 Å². The van der Waals surface area contributed by atoms with Gasteiger partial charge in [0.25, 0.3) is 0 Å². The maximum atomic E-state index is 13.1. The van der Waals surface area contributed by atoms with Crippen LogP contribution in [-0.2, 0) is 16.6 Å². The van der Waals surface area contributed by atoms with E-state index in [1.165, 1.54) is 0 Å². The van der Waals surface area contributed by atoms with Gasteiger partial charge in [-0.2, -0.15) is 4.31 Å². The second kappa shape index (κ2) is 7.42. The van der Waals surface area contributed by atoms with Gasteiger partial charge in [-0.05, 0) is 33.6 Å². The number of hydrogen-bond acceptors (Lipinski definition) is 4. The number of furan rings is 1. The van der Waals surface area contributed by atoms with Crippen molar-refractivity contribution in [2.24, 2.45) is 5.73 Å². The molecule has 0 aromatic carbocycles. The van der Waals surface area contributed by atoms with Crippen LogP contribution in [0, 0.1) is 13.8 Å². The van der Waals surface area contributed by atoms with E-state index in [1.807, 2.05) is 13.8 Å². The Hall–Kier alpha value is -0.850. The summed E-state index contributed by atoms with van der Waals surface area (Å²) in [6.45, 7) is 10.1. The monoisotopic (exact) mass is 316 g/mol. The van der Waals surface area contributed by atoms with E-state index in [0.717, 1.165) is 19.3 Å². The van der Waals surface area contributed by atoms with Gasteiger partial charge >= 0.3 is 0 Å². The van der Waals surface area contributed by atoms with Crippen LogP contribution in [0.1, 0.15) is 57.1 Å². The van der Waals surface area contributed by atoms with Crippen molar-refractivity contribution in [3.63, 3.8) is 0 Å². The largest absolute Gasteiger partial charge is 0.465 e. The van der Waals surface area contributed by atoms with Crippen molar-refractivity contribution in [3.05, 3.63) is 17.1 Å². The van der Waals surface area contributed by atoms with Crippen molar-refractivity contribution in [2.75, 3.05) is 6.54 Å². The fourth-order valence-corrected chi connectivity index (χ4v) is 4.67. The Labute approximate surface area is 128 Å². The van der Waals surface area contributed by atoms with E-state index in [0.29, 0.717) is 23.6 Å². The quantitative estimate of drug-likeness (QED) is 0.800. The highest BCUT2D eigenvalue weighted by Crippen LogP contribution is 2.30. The third kappa shape index (κ3) is 3.67. The lowest BCUT2D eigenvalue weighted by molar-refractivity contribution is 0.323. The number of rotatable bonds is 8. The predicted molar refractivity (Wildman–Crippen MR) is 84.6 cm³/mol. The second-order valence-corrected chi connectivity index (χ2v) is 7.28. The minimum Gasteiger partial charge on any atom is -0.465 e. The Morgan fingerprint density at radius 2 is 1.86 bits per heavy atom. The Morgan fingerprint density at radius 3 is 2.33 bits per heavy atom. The van der Waals surface area contributed by atoms with Crippen molar-refractivity contribution in [1.29, 1.82) is 0 Å². The average molecular weight is 316 g/mol. The van der Waals surface area contributed by atoms with Gasteiger partial charge in [-0.25, -0.2) is 8.42 Å². The molecule has 1 rings (SSSR count). The maximum absolute atomic E-state index is 13.1. The lowest BCUT2D eigenvalue weighted by Crippen LogP contribution is -2.39. The lowest BCUT2D eigenvalue weighted by Gasteiger charge is -2.27. The molecule has 1 unspecified atom stereocenters. The van der Waals surface area contributed by atoms with Crippen LogP contribution in [0.25, 0.3) is 0 Å². The summed E-state index contributed by atoms with van der Waals surface area (Å²) in [5, 5.41) is 0. The number of sulfonamides is 1. The van der Waals surface area contributed by atoms with E-state index >= 15 is 0 Å². The van der Waals surface area contributed by atoms with Crippen LogP contribution in [0.5, 0.6) is 0 Å². The Morgan fingerprint density at radius 1 is 1.24 bits per heavy atom. The van der Waals surface area contributed by atoms with Crippen LogP contribution < -0.4 is 5.73 Å². The molecule has 1 heterocycles. The minimum atomic E-state index is -3.58. The Kier molecular flexibility index (Phi) is 6.43. The Bertz CT molecular complexity index is 564. The highest BCUT2D eigenvalue weighted by atomic mass is 32.2. The highest BCUT2D eigenvalue weighted by molar-refractivity contribution is 7.89. The summed E-state index contributed by atoms with van der Waals surface area (Å²) in [6.07, 6.45) is 2.57. The van der Waals surface area contributed by atoms with Gasteiger partial charge in [-0.15, -0.1) is 0 Å². The molecule has 1 aromatic heterocycles. The number of nitrogens with zero attached hydrogens (tertiary/aromatic N) is 1. The molecule has 1 aromatic rings. The van der Waals surface area contributed by atoms with Crippen molar-refractivity contribution < 1.29 is 12.8 Å². The number of unbranched alkanes of at least 4 members (excludes halogenated alkanes) is 1. The second-order valence-electron chi connectivity index (χ2n) is 5.45. The fraction of sp³-hybridized carbons (Fsp3) is 0.733. The van der Waals surface area contributed by atoms with Crippen molar-refractivity contribution in [3.8, 4) is 0 Å². The van der Waals surface area contributed by atoms with Crippen LogP contribution in [0.2, 0.25) is 0 Å². The van der Waals surface area contributed by atoms with E-state index in [-0.39, 0.29) is 17.5 Å². The first-order chi connectivity index (χ1) is 9.81. The van der Waals surface area contributed by atoms with E-state index in [4.69, 9.17) is 10.2 Å². The van der Waals surface area contributed by atoms with Crippen molar-refractivity contribution in [2.45, 2.75) is 71.4 Å². The topological polar surface area (TPSA) is 76.5 Å². The molecular weight excluding hydrogens is 288 g/mol. The van der Waals surface area contributed by atoms with Crippen LogP contribution in [0.4, 0.5) is 0 Å². The average Bonchev–Trinajstić information content (AvgIpc) is 2.72. The van der Waals surface area contributed by atoms with Gasteiger partial charge in [-0.1, -0.05) is 20.3 Å². The summed E-state index contributed by atoms with van der Waals surface area (Å²) in [5.74, 6) is 1.02. The van der Waals surface area contributed by atoms with Gasteiger partial charge in [0.05, 0.1) is 0 Å². The van der Waals surface area contributed by atoms with Crippen LogP contribution in [0.3, 0.4) is 0 Å². The first-order valence-corrected chi connectivity index (χ1v) is 9.05. The van der Waals surface area contributed by atoms with Gasteiger partial charge < -0.3 is 10.2 Å². The van der Waals surface area contributed by atoms with Gasteiger partial charge in [0.1, 0.15) is 16.4 Å². The van der Waals surface area contributed by atoms with Crippen LogP contribution in [0.15, 0.2) is 9.31 Å². The third-order valence-corrected chi connectivity index (χ3v) is 6.12. The summed E-state index contributed by atoms with van der Waals surface area (Å²) in [5.41, 5.74) is 6.32. The molecule has 0 radical (unpaired) electrons. The molecule has 0 aliphatic carbocycles. The minimum absolute atomic E-state index is 0.0400. The van der Waals surface area contributed by atoms with Gasteiger partial charge in [0.2, 0.25) is 10.0 Å². The molecule has 2 N–H and O–H groups in total. The molecule has 5 nitrogen and oxygen atoms in total. The van der Waals surface area contributed by atoms with Crippen LogP contribution >= 0.6 is 0 Å². The maximum Gasteiger partial charge on any atom is 0.247 e. The first kappa shape index (κ1) is 18.2. The molecule has 0 aliphatic heterocycles. The molecule has 6 heteroatoms. The SMILES string of the molecule is CCCCN(C(C)CC)S(=O)(=O)c1c(C)oc(C)c1CN. The highest BCUT2D eigenvalue weighted by Gasteiger charge is 2.33. The number of nitrogens with two attached hydrogens (primary N) is 1. The van der Waals surface area contributed by atoms with Crippen molar-refractivity contribution >= 4 is 10.0 Å². The Balaban J connectivity index is 3.35. The van der Waals surface area contributed by atoms with E-state index in [9.17, 15) is 8.42 Å². The summed E-state index contributed by atoms with van der Waals surface area (Å²) >= 11 is 0. The molecule has 0 fully saturated rings. The zero-order chi connectivity index (χ0) is 16.2. The molecule has 21 heavy (non-hydrogen) atoms. The molecule has 0 bridgehead atoms. The molecular formula is C15H28N2O3S. The molecule has 0 saturated heterocycles. The van der Waals surface area contributed by atoms with Gasteiger partial charge in [-0.3, -0.25) is 0 Å². The van der Waals surface area contributed by atoms with E-state index in [2.05, 4.69) is 6.92 Å². The molecule has 1 atom stereocenters. The summed E-state index contributed by atoms with van der Waals surface area (Å²) in [6, 6.07) is -0.0400. The zero-order valence-electron chi connectivity index (χ0n) is 13.8. The molecule has 0 amide bonds. The smallest absolute Gasteiger partial charge is 0.247 e. The fourth-order valence-electron chi connectivity index (χ4n) is 2.50. The normalized spacial score (nSPS) is 13.9. The summed E-state index contributed by atoms with van der Waals surface area (Å²) in [4.78, 5) is 0.263. The van der Waals surface area contributed by atoms with Gasteiger partial charge in [0.15, 0.2) is 0 Å². The third-order valence-electron chi connectivity index (χ3n) is 3.91. The molecule has 0 spiro atoms. The number of hydrogen-bond donors (Lipinski definition) is 1. The zero-order valence-corrected chi connectivity index (χ0v) is 14.6. The van der Waals surface area contributed by atoms with E-state index in [1.54, 1.807) is 18.2 Å². The summed E-state index contributed by atoms with van der Waals surface area (Å²) < 4.78 is 33.2. The summed E-state index contributed by atoms with van der Waals surface area (Å²) in [7, 11) is -3.58. The lowest BCUT2D eigenvalue weighted by atomic mass is 10.2.